The SMILES string of the molecule is O=c1[nH]c(-c2ccccc2)nc(-c2ccccc2)c1Cc1cc2c(cc1O)OCC2. The molecule has 0 saturated heterocycles. The quantitative estimate of drug-likeness (QED) is 0.538. The third-order valence-corrected chi connectivity index (χ3v) is 5.37. The van der Waals surface area contributed by atoms with Gasteiger partial charge >= 0.3 is 0 Å². The summed E-state index contributed by atoms with van der Waals surface area (Å²) in [5.74, 6) is 1.36. The van der Waals surface area contributed by atoms with E-state index in [4.69, 9.17) is 9.72 Å². The Hall–Kier alpha value is -3.86. The Morgan fingerprint density at radius 3 is 2.40 bits per heavy atom. The fourth-order valence-electron chi connectivity index (χ4n) is 3.83. The summed E-state index contributed by atoms with van der Waals surface area (Å²) >= 11 is 0. The summed E-state index contributed by atoms with van der Waals surface area (Å²) in [6.07, 6.45) is 1.08. The molecule has 1 aliphatic heterocycles. The van der Waals surface area contributed by atoms with Crippen LogP contribution in [0.15, 0.2) is 77.6 Å². The summed E-state index contributed by atoms with van der Waals surface area (Å²) in [6, 6.07) is 22.8. The highest BCUT2D eigenvalue weighted by Crippen LogP contribution is 2.34. The molecule has 0 fully saturated rings. The largest absolute Gasteiger partial charge is 0.508 e. The maximum Gasteiger partial charge on any atom is 0.255 e. The van der Waals surface area contributed by atoms with Gasteiger partial charge in [0.15, 0.2) is 0 Å². The van der Waals surface area contributed by atoms with Crippen molar-refractivity contribution >= 4 is 0 Å². The standard InChI is InChI=1S/C25H20N2O3/c28-21-15-22-18(11-12-30-22)13-19(21)14-20-23(16-7-3-1-4-8-16)26-24(27-25(20)29)17-9-5-2-6-10-17/h1-10,13,15,28H,11-12,14H2,(H,26,27,29). The van der Waals surface area contributed by atoms with Crippen LogP contribution < -0.4 is 10.3 Å². The van der Waals surface area contributed by atoms with Gasteiger partial charge in [0.05, 0.1) is 12.3 Å². The molecular weight excluding hydrogens is 376 g/mol. The Balaban J connectivity index is 1.66. The Bertz CT molecular complexity index is 1270. The van der Waals surface area contributed by atoms with Gasteiger partial charge in [-0.2, -0.15) is 0 Å². The van der Waals surface area contributed by atoms with Crippen LogP contribution in [0.1, 0.15) is 16.7 Å². The number of ether oxygens (including phenoxy) is 1. The molecule has 0 unspecified atom stereocenters. The van der Waals surface area contributed by atoms with E-state index in [9.17, 15) is 9.90 Å². The topological polar surface area (TPSA) is 75.2 Å². The summed E-state index contributed by atoms with van der Waals surface area (Å²) in [7, 11) is 0. The van der Waals surface area contributed by atoms with Gasteiger partial charge < -0.3 is 14.8 Å². The highest BCUT2D eigenvalue weighted by atomic mass is 16.5. The molecule has 1 aliphatic rings. The van der Waals surface area contributed by atoms with Crippen molar-refractivity contribution in [3.63, 3.8) is 0 Å². The molecule has 5 nitrogen and oxygen atoms in total. The Kier molecular flexibility index (Phi) is 4.56. The lowest BCUT2D eigenvalue weighted by Crippen LogP contribution is -2.17. The molecule has 0 radical (unpaired) electrons. The van der Waals surface area contributed by atoms with Gasteiger partial charge in [-0.05, 0) is 17.2 Å². The minimum absolute atomic E-state index is 0.126. The van der Waals surface area contributed by atoms with Crippen molar-refractivity contribution in [1.82, 2.24) is 9.97 Å². The van der Waals surface area contributed by atoms with Gasteiger partial charge in [0.1, 0.15) is 17.3 Å². The lowest BCUT2D eigenvalue weighted by molar-refractivity contribution is 0.354. The molecule has 3 aromatic carbocycles. The van der Waals surface area contributed by atoms with E-state index in [1.165, 1.54) is 0 Å². The summed E-state index contributed by atoms with van der Waals surface area (Å²) in [4.78, 5) is 20.9. The molecule has 0 spiro atoms. The number of nitrogens with zero attached hydrogens (tertiary/aromatic N) is 1. The van der Waals surface area contributed by atoms with Gasteiger partial charge in [-0.3, -0.25) is 4.79 Å². The van der Waals surface area contributed by atoms with Crippen molar-refractivity contribution in [1.29, 1.82) is 0 Å². The van der Waals surface area contributed by atoms with Crippen LogP contribution >= 0.6 is 0 Å². The molecular formula is C25H20N2O3. The number of rotatable bonds is 4. The van der Waals surface area contributed by atoms with E-state index in [2.05, 4.69) is 4.98 Å². The monoisotopic (exact) mass is 396 g/mol. The molecule has 0 aliphatic carbocycles. The first kappa shape index (κ1) is 18.2. The van der Waals surface area contributed by atoms with E-state index >= 15 is 0 Å². The van der Waals surface area contributed by atoms with Crippen molar-refractivity contribution in [3.8, 4) is 34.1 Å². The number of fused-ring (bicyclic) bond motifs is 1. The third-order valence-electron chi connectivity index (χ3n) is 5.37. The van der Waals surface area contributed by atoms with Gasteiger partial charge in [-0.15, -0.1) is 0 Å². The highest BCUT2D eigenvalue weighted by molar-refractivity contribution is 5.67. The number of aromatic nitrogens is 2. The van der Waals surface area contributed by atoms with Gasteiger partial charge in [-0.1, -0.05) is 60.7 Å². The molecule has 4 aromatic rings. The molecule has 0 bridgehead atoms. The van der Waals surface area contributed by atoms with Crippen LogP contribution in [0.4, 0.5) is 0 Å². The number of phenolic OH excluding ortho intramolecular Hbond substituents is 1. The van der Waals surface area contributed by atoms with E-state index in [0.29, 0.717) is 35.0 Å². The van der Waals surface area contributed by atoms with Gasteiger partial charge in [0, 0.05) is 35.6 Å². The number of hydrogen-bond donors (Lipinski definition) is 2. The van der Waals surface area contributed by atoms with Gasteiger partial charge in [0.2, 0.25) is 0 Å². The first-order valence-corrected chi connectivity index (χ1v) is 9.90. The smallest absolute Gasteiger partial charge is 0.255 e. The first-order valence-electron chi connectivity index (χ1n) is 9.90. The molecule has 5 rings (SSSR count). The van der Waals surface area contributed by atoms with E-state index in [0.717, 1.165) is 23.1 Å². The molecule has 2 heterocycles. The number of H-pyrrole nitrogens is 1. The van der Waals surface area contributed by atoms with Crippen LogP contribution in [0.3, 0.4) is 0 Å². The van der Waals surface area contributed by atoms with E-state index in [1.54, 1.807) is 6.07 Å². The second-order valence-electron chi connectivity index (χ2n) is 7.34. The molecule has 0 amide bonds. The van der Waals surface area contributed by atoms with E-state index < -0.39 is 0 Å². The zero-order valence-electron chi connectivity index (χ0n) is 16.3. The van der Waals surface area contributed by atoms with Crippen molar-refractivity contribution in [3.05, 3.63) is 99.8 Å². The van der Waals surface area contributed by atoms with Gasteiger partial charge in [0.25, 0.3) is 5.56 Å². The summed E-state index contributed by atoms with van der Waals surface area (Å²) in [5.41, 5.74) is 4.38. The Labute approximate surface area is 173 Å². The fraction of sp³-hybridized carbons (Fsp3) is 0.120. The minimum Gasteiger partial charge on any atom is -0.508 e. The molecule has 0 atom stereocenters. The fourth-order valence-corrected chi connectivity index (χ4v) is 3.83. The first-order chi connectivity index (χ1) is 14.7. The second-order valence-corrected chi connectivity index (χ2v) is 7.34. The zero-order chi connectivity index (χ0) is 20.5. The maximum atomic E-state index is 13.2. The second kappa shape index (κ2) is 7.52. The van der Waals surface area contributed by atoms with Crippen molar-refractivity contribution in [2.45, 2.75) is 12.8 Å². The number of aromatic amines is 1. The molecule has 5 heteroatoms. The molecule has 30 heavy (non-hydrogen) atoms. The lowest BCUT2D eigenvalue weighted by atomic mass is 9.97. The Morgan fingerprint density at radius 1 is 0.967 bits per heavy atom. The van der Waals surface area contributed by atoms with Crippen molar-refractivity contribution in [2.75, 3.05) is 6.61 Å². The summed E-state index contributed by atoms with van der Waals surface area (Å²) in [5, 5.41) is 10.5. The van der Waals surface area contributed by atoms with Crippen LogP contribution in [0.5, 0.6) is 11.5 Å². The molecule has 1 aromatic heterocycles. The minimum atomic E-state index is -0.209. The third kappa shape index (κ3) is 3.35. The molecule has 148 valence electrons. The Morgan fingerprint density at radius 2 is 1.67 bits per heavy atom. The van der Waals surface area contributed by atoms with Crippen LogP contribution in [0.25, 0.3) is 22.6 Å². The number of phenols is 1. The normalized spacial score (nSPS) is 12.4. The predicted octanol–water partition coefficient (Wildman–Crippen LogP) is 4.34. The summed E-state index contributed by atoms with van der Waals surface area (Å²) in [6.45, 7) is 0.613. The van der Waals surface area contributed by atoms with Crippen molar-refractivity contribution < 1.29 is 9.84 Å². The number of benzene rings is 3. The van der Waals surface area contributed by atoms with Crippen LogP contribution in [-0.2, 0) is 12.8 Å². The van der Waals surface area contributed by atoms with E-state index in [1.807, 2.05) is 66.7 Å². The summed E-state index contributed by atoms with van der Waals surface area (Å²) < 4.78 is 5.53. The van der Waals surface area contributed by atoms with E-state index in [-0.39, 0.29) is 17.7 Å². The average molecular weight is 396 g/mol. The molecule has 2 N–H and O–H groups in total. The number of nitrogens with one attached hydrogen (secondary N) is 1. The van der Waals surface area contributed by atoms with Crippen molar-refractivity contribution in [2.24, 2.45) is 0 Å². The number of aromatic hydroxyl groups is 1. The lowest BCUT2D eigenvalue weighted by Gasteiger charge is -2.13. The van der Waals surface area contributed by atoms with Gasteiger partial charge in [-0.25, -0.2) is 4.98 Å². The highest BCUT2D eigenvalue weighted by Gasteiger charge is 2.20. The molecule has 0 saturated carbocycles. The van der Waals surface area contributed by atoms with Crippen LogP contribution in [-0.4, -0.2) is 21.7 Å². The average Bonchev–Trinajstić information content (AvgIpc) is 3.23. The maximum absolute atomic E-state index is 13.2. The van der Waals surface area contributed by atoms with Crippen LogP contribution in [0, 0.1) is 0 Å². The van der Waals surface area contributed by atoms with Crippen LogP contribution in [0.2, 0.25) is 0 Å². The number of hydrogen-bond acceptors (Lipinski definition) is 4. The predicted molar refractivity (Wildman–Crippen MR) is 116 cm³/mol. The zero-order valence-corrected chi connectivity index (χ0v) is 16.3.